The normalized spacial score (nSPS) is 14.7. The van der Waals surface area contributed by atoms with Crippen molar-refractivity contribution in [2.45, 2.75) is 52.5 Å². The Labute approximate surface area is 221 Å². The molecule has 196 valence electrons. The number of amides is 1. The van der Waals surface area contributed by atoms with Crippen LogP contribution in [0.1, 0.15) is 71.5 Å². The summed E-state index contributed by atoms with van der Waals surface area (Å²) in [6, 6.07) is 9.95. The Kier molecular flexibility index (Phi) is 7.13. The maximum absolute atomic E-state index is 13.9. The first-order valence-electron chi connectivity index (χ1n) is 12.9. The molecule has 0 bridgehead atoms. The van der Waals surface area contributed by atoms with Gasteiger partial charge in [0, 0.05) is 12.4 Å². The predicted molar refractivity (Wildman–Crippen MR) is 145 cm³/mol. The summed E-state index contributed by atoms with van der Waals surface area (Å²) >= 11 is 0. The van der Waals surface area contributed by atoms with Gasteiger partial charge in [-0.15, -0.1) is 0 Å². The van der Waals surface area contributed by atoms with Gasteiger partial charge in [0.25, 0.3) is 5.91 Å². The molecule has 8 nitrogen and oxygen atoms in total. The molecule has 0 spiro atoms. The van der Waals surface area contributed by atoms with Crippen molar-refractivity contribution < 1.29 is 18.7 Å². The largest absolute Gasteiger partial charge is 0.493 e. The lowest BCUT2D eigenvalue weighted by atomic mass is 9.97. The molecule has 1 aliphatic rings. The van der Waals surface area contributed by atoms with Crippen LogP contribution in [-0.2, 0) is 0 Å². The highest BCUT2D eigenvalue weighted by atomic mass is 16.5. The predicted octanol–water partition coefficient (Wildman–Crippen LogP) is 5.92. The number of anilines is 1. The summed E-state index contributed by atoms with van der Waals surface area (Å²) in [6.45, 7) is 6.64. The Morgan fingerprint density at radius 1 is 0.974 bits per heavy atom. The van der Waals surface area contributed by atoms with Gasteiger partial charge < -0.3 is 13.9 Å². The van der Waals surface area contributed by atoms with Gasteiger partial charge in [-0.05, 0) is 67.3 Å². The Morgan fingerprint density at radius 2 is 1.74 bits per heavy atom. The molecule has 3 heterocycles. The molecule has 38 heavy (non-hydrogen) atoms. The maximum Gasteiger partial charge on any atom is 0.297 e. The summed E-state index contributed by atoms with van der Waals surface area (Å²) in [4.78, 5) is 37.7. The topological polar surface area (TPSA) is 94.8 Å². The van der Waals surface area contributed by atoms with Crippen molar-refractivity contribution in [1.29, 1.82) is 0 Å². The highest BCUT2D eigenvalue weighted by molar-refractivity contribution is 6.09. The first-order valence-corrected chi connectivity index (χ1v) is 12.9. The van der Waals surface area contributed by atoms with Crippen LogP contribution in [-0.4, -0.2) is 29.6 Å². The minimum Gasteiger partial charge on any atom is -0.493 e. The number of benzene rings is 2. The molecule has 0 saturated carbocycles. The monoisotopic (exact) mass is 513 g/mol. The van der Waals surface area contributed by atoms with Crippen molar-refractivity contribution in [2.24, 2.45) is 0 Å². The molecule has 0 N–H and O–H groups in total. The number of carbonyl (C=O) groups excluding carboxylic acids is 1. The van der Waals surface area contributed by atoms with Crippen LogP contribution in [0.15, 0.2) is 58.0 Å². The number of methoxy groups -OCH3 is 1. The first kappa shape index (κ1) is 25.4. The van der Waals surface area contributed by atoms with Crippen LogP contribution in [0, 0.1) is 13.8 Å². The molecule has 1 unspecified atom stereocenters. The van der Waals surface area contributed by atoms with E-state index in [-0.39, 0.29) is 22.7 Å². The minimum absolute atomic E-state index is 0.00146. The third kappa shape index (κ3) is 4.51. The van der Waals surface area contributed by atoms with Gasteiger partial charge in [0.15, 0.2) is 16.9 Å². The molecule has 0 fully saturated rings. The molecule has 5 rings (SSSR count). The van der Waals surface area contributed by atoms with Gasteiger partial charge in [-0.25, -0.2) is 9.97 Å². The van der Waals surface area contributed by atoms with Gasteiger partial charge >= 0.3 is 0 Å². The second-order valence-electron chi connectivity index (χ2n) is 9.55. The molecule has 1 amide bonds. The van der Waals surface area contributed by atoms with Crippen molar-refractivity contribution in [1.82, 2.24) is 9.97 Å². The molecule has 1 atom stereocenters. The van der Waals surface area contributed by atoms with Crippen molar-refractivity contribution in [3.8, 4) is 11.5 Å². The number of aryl methyl sites for hydroxylation is 2. The van der Waals surface area contributed by atoms with Crippen LogP contribution in [0.3, 0.4) is 0 Å². The minimum atomic E-state index is -0.797. The van der Waals surface area contributed by atoms with E-state index in [9.17, 15) is 9.59 Å². The van der Waals surface area contributed by atoms with Gasteiger partial charge in [-0.3, -0.25) is 14.5 Å². The summed E-state index contributed by atoms with van der Waals surface area (Å²) in [6.07, 6.45) is 7.50. The van der Waals surface area contributed by atoms with Crippen LogP contribution >= 0.6 is 0 Å². The molecular formula is C30H31N3O5. The van der Waals surface area contributed by atoms with E-state index < -0.39 is 11.9 Å². The lowest BCUT2D eigenvalue weighted by molar-refractivity contribution is 0.0969. The second kappa shape index (κ2) is 10.7. The zero-order valence-corrected chi connectivity index (χ0v) is 22.1. The van der Waals surface area contributed by atoms with E-state index >= 15 is 0 Å². The fraction of sp³-hybridized carbons (Fsp3) is 0.333. The Morgan fingerprint density at radius 3 is 2.47 bits per heavy atom. The second-order valence-corrected chi connectivity index (χ2v) is 9.55. The number of ether oxygens (including phenoxy) is 2. The number of rotatable bonds is 9. The van der Waals surface area contributed by atoms with Gasteiger partial charge in [-0.1, -0.05) is 32.3 Å². The lowest BCUT2D eigenvalue weighted by Crippen LogP contribution is -2.31. The van der Waals surface area contributed by atoms with Crippen molar-refractivity contribution in [3.63, 3.8) is 0 Å². The van der Waals surface area contributed by atoms with E-state index in [1.54, 1.807) is 37.7 Å². The van der Waals surface area contributed by atoms with Gasteiger partial charge in [0.05, 0.1) is 30.7 Å². The summed E-state index contributed by atoms with van der Waals surface area (Å²) in [5.74, 6) is 0.836. The van der Waals surface area contributed by atoms with Crippen LogP contribution < -0.4 is 19.8 Å². The Bertz CT molecular complexity index is 1550. The van der Waals surface area contributed by atoms with Crippen LogP contribution in [0.5, 0.6) is 11.5 Å². The SMILES string of the molecule is CCCCCCOc1ccc(C2c3c(oc4cc(C)c(C)cc4c3=O)C(=O)N2c2ncccn2)cc1OC. The molecule has 2 aromatic carbocycles. The number of unbranched alkanes of at least 4 members (excludes halogenated alkanes) is 3. The number of fused-ring (bicyclic) bond motifs is 2. The summed E-state index contributed by atoms with van der Waals surface area (Å²) in [7, 11) is 1.57. The van der Waals surface area contributed by atoms with E-state index in [0.717, 1.165) is 30.4 Å². The number of carbonyl (C=O) groups is 1. The molecular weight excluding hydrogens is 482 g/mol. The van der Waals surface area contributed by atoms with Crippen molar-refractivity contribution in [2.75, 3.05) is 18.6 Å². The average molecular weight is 514 g/mol. The van der Waals surface area contributed by atoms with E-state index in [4.69, 9.17) is 13.9 Å². The van der Waals surface area contributed by atoms with Crippen LogP contribution in [0.4, 0.5) is 5.95 Å². The summed E-state index contributed by atoms with van der Waals surface area (Å²) in [5, 5.41) is 0.430. The fourth-order valence-electron chi connectivity index (χ4n) is 4.85. The molecule has 8 heteroatoms. The number of nitrogens with zero attached hydrogens (tertiary/aromatic N) is 3. The zero-order valence-electron chi connectivity index (χ0n) is 22.1. The molecule has 0 aliphatic carbocycles. The molecule has 4 aromatic rings. The van der Waals surface area contributed by atoms with Crippen molar-refractivity contribution >= 4 is 22.8 Å². The average Bonchev–Trinajstić information content (AvgIpc) is 3.22. The highest BCUT2D eigenvalue weighted by Gasteiger charge is 2.45. The third-order valence-corrected chi connectivity index (χ3v) is 7.01. The van der Waals surface area contributed by atoms with Crippen molar-refractivity contribution in [3.05, 3.63) is 87.0 Å². The van der Waals surface area contributed by atoms with E-state index in [2.05, 4.69) is 16.9 Å². The molecule has 0 radical (unpaired) electrons. The third-order valence-electron chi connectivity index (χ3n) is 7.01. The lowest BCUT2D eigenvalue weighted by Gasteiger charge is -2.24. The van der Waals surface area contributed by atoms with Gasteiger partial charge in [-0.2, -0.15) is 0 Å². The van der Waals surface area contributed by atoms with Gasteiger partial charge in [0.2, 0.25) is 11.7 Å². The van der Waals surface area contributed by atoms with E-state index in [1.165, 1.54) is 11.3 Å². The van der Waals surface area contributed by atoms with Gasteiger partial charge in [0.1, 0.15) is 5.58 Å². The molecule has 1 aliphatic heterocycles. The van der Waals surface area contributed by atoms with E-state index in [1.807, 2.05) is 32.0 Å². The maximum atomic E-state index is 13.9. The quantitative estimate of drug-likeness (QED) is 0.257. The summed E-state index contributed by atoms with van der Waals surface area (Å²) in [5.41, 5.74) is 2.99. The standard InChI is InChI=1S/C30H31N3O5/c1-5-6-7-8-14-37-22-11-10-20(17-24(22)36-4)26-25-27(34)21-15-18(2)19(3)16-23(21)38-28(25)29(35)33(26)30-31-12-9-13-32-30/h9-13,15-17,26H,5-8,14H2,1-4H3. The first-order chi connectivity index (χ1) is 18.4. The highest BCUT2D eigenvalue weighted by Crippen LogP contribution is 2.42. The number of hydrogen-bond donors (Lipinski definition) is 0. The fourth-order valence-corrected chi connectivity index (χ4v) is 4.85. The molecule has 2 aromatic heterocycles. The summed E-state index contributed by atoms with van der Waals surface area (Å²) < 4.78 is 17.7. The number of aromatic nitrogens is 2. The Balaban J connectivity index is 1.63. The number of hydrogen-bond acceptors (Lipinski definition) is 7. The zero-order chi connectivity index (χ0) is 26.8. The van der Waals surface area contributed by atoms with E-state index in [0.29, 0.717) is 34.6 Å². The van der Waals surface area contributed by atoms with Crippen LogP contribution in [0.2, 0.25) is 0 Å². The van der Waals surface area contributed by atoms with Crippen LogP contribution in [0.25, 0.3) is 11.0 Å². The molecule has 0 saturated heterocycles. The smallest absolute Gasteiger partial charge is 0.297 e. The Hall–Kier alpha value is -4.20.